The van der Waals surface area contributed by atoms with E-state index in [9.17, 15) is 19.2 Å². The minimum Gasteiger partial charge on any atom is -0.478 e. The van der Waals surface area contributed by atoms with Gasteiger partial charge in [-0.15, -0.1) is 0 Å². The van der Waals surface area contributed by atoms with E-state index in [-0.39, 0.29) is 0 Å². The van der Waals surface area contributed by atoms with E-state index < -0.39 is 23.9 Å². The Labute approximate surface area is 178 Å². The molecule has 1 rings (SSSR count). The number of aliphatic carboxylic acids is 4. The maximum atomic E-state index is 9.25. The highest BCUT2D eigenvalue weighted by Crippen LogP contribution is 2.27. The molecule has 1 aliphatic rings. The average molecular weight is 430 g/mol. The summed E-state index contributed by atoms with van der Waals surface area (Å²) in [6, 6.07) is 0. The largest absolute Gasteiger partial charge is 0.478 e. The molecule has 5 N–H and O–H groups in total. The van der Waals surface area contributed by atoms with Gasteiger partial charge in [0.25, 0.3) is 0 Å². The summed E-state index contributed by atoms with van der Waals surface area (Å²) in [5, 5.41) is 34.0. The minimum absolute atomic E-state index is 0.363. The molecule has 0 saturated carbocycles. The molecule has 0 amide bonds. The highest BCUT2D eigenvalue weighted by atomic mass is 16.4. The normalized spacial score (nSPS) is 14.3. The van der Waals surface area contributed by atoms with Gasteiger partial charge >= 0.3 is 23.9 Å². The molecule has 1 heterocycles. The number of hydrogen-bond donors (Lipinski definition) is 5. The first-order valence-electron chi connectivity index (χ1n) is 8.71. The molecule has 0 bridgehead atoms. The van der Waals surface area contributed by atoms with Gasteiger partial charge in [0.1, 0.15) is 0 Å². The van der Waals surface area contributed by atoms with Crippen LogP contribution in [0.2, 0.25) is 0 Å². The van der Waals surface area contributed by atoms with Crippen LogP contribution in [0.15, 0.2) is 50.6 Å². The van der Waals surface area contributed by atoms with Crippen LogP contribution in [0.25, 0.3) is 0 Å². The summed E-state index contributed by atoms with van der Waals surface area (Å²) >= 11 is 0. The number of hydrogen-bond acceptors (Lipinski definition) is 5. The zero-order valence-corrected chi connectivity index (χ0v) is 18.2. The molecule has 0 atom stereocenters. The van der Waals surface area contributed by atoms with Gasteiger partial charge in [0, 0.05) is 35.4 Å². The fourth-order valence-electron chi connectivity index (χ4n) is 2.01. The molecular weight excluding hydrogens is 394 g/mol. The van der Waals surface area contributed by atoms with Crippen molar-refractivity contribution in [1.82, 2.24) is 5.32 Å². The van der Waals surface area contributed by atoms with E-state index in [1.807, 2.05) is 0 Å². The molecule has 9 nitrogen and oxygen atoms in total. The third kappa shape index (κ3) is 39.7. The van der Waals surface area contributed by atoms with Crippen LogP contribution in [-0.4, -0.2) is 55.4 Å². The second kappa shape index (κ2) is 19.1. The molecule has 9 heteroatoms. The fourth-order valence-corrected chi connectivity index (χ4v) is 2.01. The lowest BCUT2D eigenvalue weighted by Crippen LogP contribution is -2.55. The van der Waals surface area contributed by atoms with Crippen molar-refractivity contribution < 1.29 is 39.6 Å². The summed E-state index contributed by atoms with van der Waals surface area (Å²) in [7, 11) is 0. The molecule has 0 aromatic rings. The second-order valence-corrected chi connectivity index (χ2v) is 6.92. The Balaban J connectivity index is -0.000000148. The Morgan fingerprint density at radius 1 is 0.633 bits per heavy atom. The summed E-state index contributed by atoms with van der Waals surface area (Å²) in [4.78, 5) is 37.0. The lowest BCUT2D eigenvalue weighted by atomic mass is 9.83. The molecular formula is C21H35NO8. The number of carboxylic acid groups (broad SMARTS) is 4. The molecule has 1 fully saturated rings. The molecule has 0 aliphatic carbocycles. The van der Waals surface area contributed by atoms with Gasteiger partial charge in [-0.25, -0.2) is 19.2 Å². The van der Waals surface area contributed by atoms with E-state index in [1.165, 1.54) is 19.3 Å². The van der Waals surface area contributed by atoms with Crippen LogP contribution in [0.5, 0.6) is 0 Å². The van der Waals surface area contributed by atoms with Crippen LogP contribution in [0, 0.1) is 0 Å². The zero-order valence-electron chi connectivity index (χ0n) is 18.2. The molecule has 30 heavy (non-hydrogen) atoms. The molecule has 0 spiro atoms. The van der Waals surface area contributed by atoms with Crippen molar-refractivity contribution in [3.8, 4) is 0 Å². The molecule has 1 aliphatic heterocycles. The van der Waals surface area contributed by atoms with Gasteiger partial charge in [0.15, 0.2) is 0 Å². The standard InChI is InChI=1S/C9H19N.4C3H4O2/c1-8(2)6-5-7-9(3,4)10-8;4*1-2-3(4)5/h10H,5-7H2,1-4H3;4*2H,1H2,(H,4,5). The van der Waals surface area contributed by atoms with Gasteiger partial charge in [-0.05, 0) is 47.0 Å². The second-order valence-electron chi connectivity index (χ2n) is 6.92. The molecule has 0 aromatic heterocycles. The lowest BCUT2D eigenvalue weighted by Gasteiger charge is -2.42. The fraction of sp³-hybridized carbons (Fsp3) is 0.429. The monoisotopic (exact) mass is 429 g/mol. The van der Waals surface area contributed by atoms with Gasteiger partial charge in [-0.3, -0.25) is 0 Å². The lowest BCUT2D eigenvalue weighted by molar-refractivity contribution is -0.132. The Morgan fingerprint density at radius 2 is 0.800 bits per heavy atom. The first-order valence-corrected chi connectivity index (χ1v) is 8.71. The average Bonchev–Trinajstić information content (AvgIpc) is 2.61. The Kier molecular flexibility index (Phi) is 21.9. The summed E-state index contributed by atoms with van der Waals surface area (Å²) in [6.07, 6.45) is 7.33. The van der Waals surface area contributed by atoms with Crippen molar-refractivity contribution in [2.75, 3.05) is 0 Å². The third-order valence-electron chi connectivity index (χ3n) is 2.98. The smallest absolute Gasteiger partial charge is 0.327 e. The highest BCUT2D eigenvalue weighted by molar-refractivity contribution is 5.79. The Bertz CT molecular complexity index is 506. The quantitative estimate of drug-likeness (QED) is 0.422. The van der Waals surface area contributed by atoms with Crippen LogP contribution >= 0.6 is 0 Å². The van der Waals surface area contributed by atoms with Gasteiger partial charge in [0.05, 0.1) is 0 Å². The Morgan fingerprint density at radius 3 is 0.867 bits per heavy atom. The molecule has 0 aromatic carbocycles. The van der Waals surface area contributed by atoms with Crippen LogP contribution in [-0.2, 0) is 19.2 Å². The van der Waals surface area contributed by atoms with Gasteiger partial charge in [0.2, 0.25) is 0 Å². The molecule has 172 valence electrons. The van der Waals surface area contributed by atoms with Crippen molar-refractivity contribution >= 4 is 23.9 Å². The summed E-state index contributed by atoms with van der Waals surface area (Å²) in [5.41, 5.74) is 0.726. The summed E-state index contributed by atoms with van der Waals surface area (Å²) < 4.78 is 0. The molecule has 0 radical (unpaired) electrons. The van der Waals surface area contributed by atoms with Crippen molar-refractivity contribution in [2.45, 2.75) is 58.0 Å². The van der Waals surface area contributed by atoms with Crippen molar-refractivity contribution in [2.24, 2.45) is 0 Å². The van der Waals surface area contributed by atoms with E-state index in [4.69, 9.17) is 20.4 Å². The number of nitrogens with one attached hydrogen (secondary N) is 1. The van der Waals surface area contributed by atoms with Crippen LogP contribution in [0.4, 0.5) is 0 Å². The number of carboxylic acids is 4. The van der Waals surface area contributed by atoms with Crippen LogP contribution in [0.1, 0.15) is 47.0 Å². The summed E-state index contributed by atoms with van der Waals surface area (Å²) in [5.74, 6) is -3.93. The molecule has 0 unspecified atom stereocenters. The van der Waals surface area contributed by atoms with E-state index in [2.05, 4.69) is 59.3 Å². The van der Waals surface area contributed by atoms with Gasteiger partial charge < -0.3 is 25.7 Å². The van der Waals surface area contributed by atoms with E-state index >= 15 is 0 Å². The van der Waals surface area contributed by atoms with Crippen molar-refractivity contribution in [3.63, 3.8) is 0 Å². The number of rotatable bonds is 4. The van der Waals surface area contributed by atoms with E-state index in [0.717, 1.165) is 24.3 Å². The predicted octanol–water partition coefficient (Wildman–Crippen LogP) is 3.35. The number of piperidine rings is 1. The van der Waals surface area contributed by atoms with Crippen molar-refractivity contribution in [1.29, 1.82) is 0 Å². The maximum absolute atomic E-state index is 9.25. The van der Waals surface area contributed by atoms with Gasteiger partial charge in [-0.2, -0.15) is 0 Å². The van der Waals surface area contributed by atoms with E-state index in [0.29, 0.717) is 11.1 Å². The van der Waals surface area contributed by atoms with E-state index in [1.54, 1.807) is 0 Å². The SMILES string of the molecule is C=CC(=O)O.C=CC(=O)O.C=CC(=O)O.C=CC(=O)O.CC1(C)CCCC(C)(C)N1. The zero-order chi connectivity index (χ0) is 25.0. The van der Waals surface area contributed by atoms with Crippen molar-refractivity contribution in [3.05, 3.63) is 50.6 Å². The third-order valence-corrected chi connectivity index (χ3v) is 2.98. The summed E-state index contributed by atoms with van der Waals surface area (Å²) in [6.45, 7) is 21.0. The molecule has 1 saturated heterocycles. The predicted molar refractivity (Wildman–Crippen MR) is 116 cm³/mol. The number of carbonyl (C=O) groups is 4. The highest BCUT2D eigenvalue weighted by Gasteiger charge is 2.31. The first kappa shape index (κ1) is 34.3. The van der Waals surface area contributed by atoms with Crippen LogP contribution < -0.4 is 5.32 Å². The van der Waals surface area contributed by atoms with Gasteiger partial charge in [-0.1, -0.05) is 26.3 Å². The van der Waals surface area contributed by atoms with Crippen LogP contribution in [0.3, 0.4) is 0 Å². The maximum Gasteiger partial charge on any atom is 0.327 e. The first-order chi connectivity index (χ1) is 13.5. The topological polar surface area (TPSA) is 161 Å². The minimum atomic E-state index is -0.981. The Hall–Kier alpha value is -3.20.